The van der Waals surface area contributed by atoms with E-state index in [1.165, 1.54) is 5.56 Å². The Morgan fingerprint density at radius 1 is 1.04 bits per heavy atom. The summed E-state index contributed by atoms with van der Waals surface area (Å²) in [5.41, 5.74) is 5.40. The first kappa shape index (κ1) is 17.0. The van der Waals surface area contributed by atoms with Gasteiger partial charge in [-0.25, -0.2) is 9.78 Å². The summed E-state index contributed by atoms with van der Waals surface area (Å²) in [5, 5.41) is 0. The summed E-state index contributed by atoms with van der Waals surface area (Å²) >= 11 is 0. The SMILES string of the molecule is CC(=O)Cc1c(Cc2ccccc2)ncn1Cc1ccc2[nH]c(=O)[nH]c2c1. The number of carbonyl (C=O) groups is 1. The van der Waals surface area contributed by atoms with E-state index >= 15 is 0 Å². The van der Waals surface area contributed by atoms with Gasteiger partial charge in [0.1, 0.15) is 5.78 Å². The molecule has 0 aliphatic heterocycles. The summed E-state index contributed by atoms with van der Waals surface area (Å²) in [5.74, 6) is 0.108. The lowest BCUT2D eigenvalue weighted by atomic mass is 10.1. The summed E-state index contributed by atoms with van der Waals surface area (Å²) in [4.78, 5) is 33.4. The number of carbonyl (C=O) groups excluding carboxylic acids is 1. The lowest BCUT2D eigenvalue weighted by molar-refractivity contribution is -0.116. The van der Waals surface area contributed by atoms with E-state index in [2.05, 4.69) is 27.1 Å². The molecule has 136 valence electrons. The van der Waals surface area contributed by atoms with Crippen molar-refractivity contribution in [1.82, 2.24) is 19.5 Å². The lowest BCUT2D eigenvalue weighted by Crippen LogP contribution is -2.09. The van der Waals surface area contributed by atoms with E-state index in [1.807, 2.05) is 41.0 Å². The van der Waals surface area contributed by atoms with Gasteiger partial charge in [0.15, 0.2) is 0 Å². The van der Waals surface area contributed by atoms with Crippen LogP contribution in [0.5, 0.6) is 0 Å². The van der Waals surface area contributed by atoms with E-state index in [0.717, 1.165) is 28.0 Å². The Hall–Kier alpha value is -3.41. The Morgan fingerprint density at radius 2 is 1.81 bits per heavy atom. The van der Waals surface area contributed by atoms with E-state index in [-0.39, 0.29) is 11.5 Å². The molecule has 6 nitrogen and oxygen atoms in total. The average Bonchev–Trinajstić information content (AvgIpc) is 3.18. The number of fused-ring (bicyclic) bond motifs is 1. The van der Waals surface area contributed by atoms with Crippen molar-refractivity contribution in [2.75, 3.05) is 0 Å². The number of rotatable bonds is 6. The maximum Gasteiger partial charge on any atom is 0.323 e. The van der Waals surface area contributed by atoms with Gasteiger partial charge in [-0.3, -0.25) is 4.79 Å². The molecular formula is C21H20N4O2. The van der Waals surface area contributed by atoms with E-state index < -0.39 is 0 Å². The van der Waals surface area contributed by atoms with Gasteiger partial charge in [0.2, 0.25) is 0 Å². The minimum absolute atomic E-state index is 0.108. The van der Waals surface area contributed by atoms with Crippen LogP contribution in [0.25, 0.3) is 11.0 Å². The fraction of sp³-hybridized carbons (Fsp3) is 0.190. The third-order valence-electron chi connectivity index (χ3n) is 4.60. The molecule has 0 atom stereocenters. The summed E-state index contributed by atoms with van der Waals surface area (Å²) in [6.45, 7) is 2.19. The molecule has 0 fully saturated rings. The van der Waals surface area contributed by atoms with Crippen LogP contribution in [-0.2, 0) is 24.2 Å². The van der Waals surface area contributed by atoms with E-state index in [9.17, 15) is 9.59 Å². The Morgan fingerprint density at radius 3 is 2.59 bits per heavy atom. The molecule has 0 amide bonds. The summed E-state index contributed by atoms with van der Waals surface area (Å²) in [6.07, 6.45) is 2.84. The van der Waals surface area contributed by atoms with Crippen molar-refractivity contribution in [1.29, 1.82) is 0 Å². The number of hydrogen-bond acceptors (Lipinski definition) is 3. The maximum atomic E-state index is 11.8. The highest BCUT2D eigenvalue weighted by atomic mass is 16.1. The van der Waals surface area contributed by atoms with Gasteiger partial charge in [-0.1, -0.05) is 36.4 Å². The Bertz CT molecular complexity index is 1150. The van der Waals surface area contributed by atoms with Gasteiger partial charge in [0.25, 0.3) is 0 Å². The van der Waals surface area contributed by atoms with Crippen molar-refractivity contribution < 1.29 is 4.79 Å². The van der Waals surface area contributed by atoms with Crippen molar-refractivity contribution in [2.24, 2.45) is 0 Å². The second kappa shape index (κ2) is 7.07. The van der Waals surface area contributed by atoms with Crippen LogP contribution >= 0.6 is 0 Å². The van der Waals surface area contributed by atoms with E-state index in [0.29, 0.717) is 19.4 Å². The van der Waals surface area contributed by atoms with Gasteiger partial charge in [-0.15, -0.1) is 0 Å². The van der Waals surface area contributed by atoms with Gasteiger partial charge in [-0.05, 0) is 30.2 Å². The van der Waals surface area contributed by atoms with Gasteiger partial charge in [-0.2, -0.15) is 0 Å². The fourth-order valence-corrected chi connectivity index (χ4v) is 3.34. The number of benzene rings is 2. The van der Waals surface area contributed by atoms with Crippen LogP contribution in [0.1, 0.15) is 29.4 Å². The number of hydrogen-bond donors (Lipinski definition) is 2. The first-order valence-electron chi connectivity index (χ1n) is 8.85. The lowest BCUT2D eigenvalue weighted by Gasteiger charge is -2.10. The maximum absolute atomic E-state index is 11.8. The second-order valence-corrected chi connectivity index (χ2v) is 6.77. The molecule has 0 unspecified atom stereocenters. The molecule has 0 radical (unpaired) electrons. The number of imidazole rings is 2. The first-order chi connectivity index (χ1) is 13.1. The largest absolute Gasteiger partial charge is 0.329 e. The number of aromatic amines is 2. The molecule has 2 aromatic heterocycles. The van der Waals surface area contributed by atoms with Gasteiger partial charge >= 0.3 is 5.69 Å². The van der Waals surface area contributed by atoms with Crippen molar-refractivity contribution >= 4 is 16.8 Å². The van der Waals surface area contributed by atoms with Crippen molar-refractivity contribution in [3.63, 3.8) is 0 Å². The number of H-pyrrole nitrogens is 2. The number of Topliss-reactive ketones (excluding diaryl/α,β-unsaturated/α-hetero) is 1. The van der Waals surface area contributed by atoms with Gasteiger partial charge < -0.3 is 14.5 Å². The molecule has 4 aromatic rings. The predicted octanol–water partition coefficient (Wildman–Crippen LogP) is 2.82. The van der Waals surface area contributed by atoms with Gasteiger partial charge in [0, 0.05) is 25.1 Å². The highest BCUT2D eigenvalue weighted by molar-refractivity contribution is 5.78. The third-order valence-corrected chi connectivity index (χ3v) is 4.60. The van der Waals surface area contributed by atoms with Crippen LogP contribution in [-0.4, -0.2) is 25.3 Å². The molecule has 2 aromatic carbocycles. The molecule has 0 bridgehead atoms. The Labute approximate surface area is 155 Å². The Balaban J connectivity index is 1.66. The number of nitrogens with one attached hydrogen (secondary N) is 2. The normalized spacial score (nSPS) is 11.1. The average molecular weight is 360 g/mol. The summed E-state index contributed by atoms with van der Waals surface area (Å²) < 4.78 is 2.02. The molecule has 0 aliphatic carbocycles. The zero-order valence-corrected chi connectivity index (χ0v) is 15.0. The highest BCUT2D eigenvalue weighted by Gasteiger charge is 2.14. The van der Waals surface area contributed by atoms with Crippen LogP contribution in [0.15, 0.2) is 59.7 Å². The fourth-order valence-electron chi connectivity index (χ4n) is 3.34. The van der Waals surface area contributed by atoms with Crippen molar-refractivity contribution in [3.8, 4) is 0 Å². The Kier molecular flexibility index (Phi) is 4.46. The third kappa shape index (κ3) is 3.74. The summed E-state index contributed by atoms with van der Waals surface area (Å²) in [6, 6.07) is 15.9. The van der Waals surface area contributed by atoms with Crippen molar-refractivity contribution in [2.45, 2.75) is 26.3 Å². The predicted molar refractivity (Wildman–Crippen MR) is 104 cm³/mol. The van der Waals surface area contributed by atoms with E-state index in [1.54, 1.807) is 13.3 Å². The molecule has 27 heavy (non-hydrogen) atoms. The van der Waals surface area contributed by atoms with E-state index in [4.69, 9.17) is 0 Å². The van der Waals surface area contributed by atoms with Crippen LogP contribution in [0.2, 0.25) is 0 Å². The second-order valence-electron chi connectivity index (χ2n) is 6.77. The number of aromatic nitrogens is 4. The molecular weight excluding hydrogens is 340 g/mol. The molecule has 6 heteroatoms. The van der Waals surface area contributed by atoms with Gasteiger partial charge in [0.05, 0.1) is 23.1 Å². The highest BCUT2D eigenvalue weighted by Crippen LogP contribution is 2.18. The van der Waals surface area contributed by atoms with Crippen LogP contribution in [0.4, 0.5) is 0 Å². The smallest absolute Gasteiger partial charge is 0.323 e. The quantitative estimate of drug-likeness (QED) is 0.555. The first-order valence-corrected chi connectivity index (χ1v) is 8.85. The zero-order chi connectivity index (χ0) is 18.8. The zero-order valence-electron chi connectivity index (χ0n) is 15.0. The molecule has 4 rings (SSSR count). The minimum Gasteiger partial charge on any atom is -0.329 e. The summed E-state index contributed by atoms with van der Waals surface area (Å²) in [7, 11) is 0. The molecule has 0 saturated heterocycles. The van der Waals surface area contributed by atoms with Crippen molar-refractivity contribution in [3.05, 3.63) is 87.9 Å². The topological polar surface area (TPSA) is 83.5 Å². The molecule has 2 heterocycles. The number of nitrogens with zero attached hydrogens (tertiary/aromatic N) is 2. The van der Waals surface area contributed by atoms with Crippen LogP contribution in [0.3, 0.4) is 0 Å². The monoisotopic (exact) mass is 360 g/mol. The number of ketones is 1. The molecule has 0 spiro atoms. The van der Waals surface area contributed by atoms with Crippen LogP contribution < -0.4 is 5.69 Å². The standard InChI is InChI=1S/C21H20N4O2/c1-14(26)9-20-19(10-15-5-3-2-4-6-15)22-13-25(20)12-16-7-8-17-18(11-16)24-21(27)23-17/h2-8,11,13H,9-10,12H2,1H3,(H2,23,24,27). The molecule has 0 aliphatic rings. The molecule has 2 N–H and O–H groups in total. The minimum atomic E-state index is -0.216. The van der Waals surface area contributed by atoms with Crippen LogP contribution in [0, 0.1) is 0 Å². The molecule has 0 saturated carbocycles.